The molecule has 0 atom stereocenters. The zero-order valence-electron chi connectivity index (χ0n) is 10.2. The third kappa shape index (κ3) is 2.07. The molecule has 3 rings (SSSR count). The Morgan fingerprint density at radius 1 is 1.41 bits per heavy atom. The third-order valence-corrected chi connectivity index (χ3v) is 3.80. The molecular weight excluding hydrogens is 212 g/mol. The highest BCUT2D eigenvalue weighted by Gasteiger charge is 2.39. The molecule has 0 radical (unpaired) electrons. The van der Waals surface area contributed by atoms with Gasteiger partial charge in [-0.1, -0.05) is 12.1 Å². The summed E-state index contributed by atoms with van der Waals surface area (Å²) in [5.41, 5.74) is 3.43. The van der Waals surface area contributed by atoms with Gasteiger partial charge in [0.2, 0.25) is 0 Å². The second kappa shape index (κ2) is 3.84. The van der Waals surface area contributed by atoms with Crippen molar-refractivity contribution in [2.45, 2.75) is 38.3 Å². The van der Waals surface area contributed by atoms with Gasteiger partial charge in [0.1, 0.15) is 0 Å². The van der Waals surface area contributed by atoms with Crippen molar-refractivity contribution in [2.24, 2.45) is 0 Å². The topological polar surface area (TPSA) is 41.1 Å². The standard InChI is InChI=1S/C14H18N2O/c1-14(6-7-14)16-13(17)12-4-2-3-10-9-15-8-5-11(10)12/h2-4,15H,5-9H2,1H3,(H,16,17). The highest BCUT2D eigenvalue weighted by molar-refractivity contribution is 5.96. The molecule has 90 valence electrons. The zero-order valence-corrected chi connectivity index (χ0v) is 10.2. The first-order chi connectivity index (χ1) is 8.18. The van der Waals surface area contributed by atoms with Crippen molar-refractivity contribution < 1.29 is 4.79 Å². The van der Waals surface area contributed by atoms with Crippen molar-refractivity contribution in [3.05, 3.63) is 34.9 Å². The molecule has 3 nitrogen and oxygen atoms in total. The zero-order chi connectivity index (χ0) is 11.9. The Labute approximate surface area is 102 Å². The van der Waals surface area contributed by atoms with Gasteiger partial charge in [-0.25, -0.2) is 0 Å². The summed E-state index contributed by atoms with van der Waals surface area (Å²) in [5, 5.41) is 6.47. The SMILES string of the molecule is CC1(NC(=O)c2cccc3c2CCNC3)CC1. The fraction of sp³-hybridized carbons (Fsp3) is 0.500. The first kappa shape index (κ1) is 10.8. The second-order valence-corrected chi connectivity index (χ2v) is 5.38. The highest BCUT2D eigenvalue weighted by Crippen LogP contribution is 2.34. The van der Waals surface area contributed by atoms with Gasteiger partial charge >= 0.3 is 0 Å². The molecule has 3 heteroatoms. The van der Waals surface area contributed by atoms with E-state index in [4.69, 9.17) is 0 Å². The average Bonchev–Trinajstić information content (AvgIpc) is 3.06. The molecule has 2 aliphatic rings. The van der Waals surface area contributed by atoms with Gasteiger partial charge in [-0.3, -0.25) is 4.79 Å². The molecule has 1 aliphatic carbocycles. The quantitative estimate of drug-likeness (QED) is 0.810. The molecule has 0 bridgehead atoms. The molecular formula is C14H18N2O. The summed E-state index contributed by atoms with van der Waals surface area (Å²) in [6.45, 7) is 3.96. The smallest absolute Gasteiger partial charge is 0.251 e. The van der Waals surface area contributed by atoms with Crippen LogP contribution >= 0.6 is 0 Å². The van der Waals surface area contributed by atoms with Crippen LogP contribution < -0.4 is 10.6 Å². The molecule has 17 heavy (non-hydrogen) atoms. The predicted molar refractivity (Wildman–Crippen MR) is 67.0 cm³/mol. The van der Waals surface area contributed by atoms with Crippen molar-refractivity contribution >= 4 is 5.91 Å². The van der Waals surface area contributed by atoms with Crippen LogP contribution in [0.15, 0.2) is 18.2 Å². The molecule has 1 fully saturated rings. The Morgan fingerprint density at radius 2 is 2.24 bits per heavy atom. The Hall–Kier alpha value is -1.35. The summed E-state index contributed by atoms with van der Waals surface area (Å²) in [7, 11) is 0. The first-order valence-corrected chi connectivity index (χ1v) is 6.32. The Balaban J connectivity index is 1.89. The summed E-state index contributed by atoms with van der Waals surface area (Å²) >= 11 is 0. The summed E-state index contributed by atoms with van der Waals surface area (Å²) < 4.78 is 0. The van der Waals surface area contributed by atoms with Gasteiger partial charge in [-0.15, -0.1) is 0 Å². The third-order valence-electron chi connectivity index (χ3n) is 3.80. The lowest BCUT2D eigenvalue weighted by Gasteiger charge is -2.21. The minimum absolute atomic E-state index is 0.0622. The fourth-order valence-electron chi connectivity index (χ4n) is 2.40. The van der Waals surface area contributed by atoms with E-state index in [1.165, 1.54) is 11.1 Å². The molecule has 1 saturated carbocycles. The number of rotatable bonds is 2. The number of nitrogens with one attached hydrogen (secondary N) is 2. The lowest BCUT2D eigenvalue weighted by molar-refractivity contribution is 0.0934. The van der Waals surface area contributed by atoms with Crippen molar-refractivity contribution in [1.29, 1.82) is 0 Å². The lowest BCUT2D eigenvalue weighted by Crippen LogP contribution is -2.36. The van der Waals surface area contributed by atoms with Crippen LogP contribution in [-0.2, 0) is 13.0 Å². The molecule has 1 aromatic carbocycles. The molecule has 0 spiro atoms. The van der Waals surface area contributed by atoms with Crippen LogP contribution in [0.5, 0.6) is 0 Å². The Morgan fingerprint density at radius 3 is 3.00 bits per heavy atom. The van der Waals surface area contributed by atoms with E-state index in [-0.39, 0.29) is 11.4 Å². The summed E-state index contributed by atoms with van der Waals surface area (Å²) in [6.07, 6.45) is 3.17. The van der Waals surface area contributed by atoms with E-state index < -0.39 is 0 Å². The minimum Gasteiger partial charge on any atom is -0.347 e. The predicted octanol–water partition coefficient (Wildman–Crippen LogP) is 1.61. The van der Waals surface area contributed by atoms with Gasteiger partial charge in [0.05, 0.1) is 0 Å². The maximum absolute atomic E-state index is 12.2. The van der Waals surface area contributed by atoms with E-state index in [1.54, 1.807) is 0 Å². The summed E-state index contributed by atoms with van der Waals surface area (Å²) in [6, 6.07) is 6.04. The number of hydrogen-bond donors (Lipinski definition) is 2. The molecule has 1 heterocycles. The van der Waals surface area contributed by atoms with Crippen molar-refractivity contribution in [3.63, 3.8) is 0 Å². The highest BCUT2D eigenvalue weighted by atomic mass is 16.1. The van der Waals surface area contributed by atoms with Gasteiger partial charge in [0, 0.05) is 17.6 Å². The average molecular weight is 230 g/mol. The molecule has 0 saturated heterocycles. The van der Waals surface area contributed by atoms with E-state index in [9.17, 15) is 4.79 Å². The number of hydrogen-bond acceptors (Lipinski definition) is 2. The lowest BCUT2D eigenvalue weighted by atomic mass is 9.95. The maximum atomic E-state index is 12.2. The molecule has 1 aromatic rings. The fourth-order valence-corrected chi connectivity index (χ4v) is 2.40. The Bertz CT molecular complexity index is 463. The molecule has 1 aliphatic heterocycles. The van der Waals surface area contributed by atoms with Gasteiger partial charge in [-0.2, -0.15) is 0 Å². The monoisotopic (exact) mass is 230 g/mol. The van der Waals surface area contributed by atoms with E-state index in [1.807, 2.05) is 12.1 Å². The van der Waals surface area contributed by atoms with Gasteiger partial charge in [-0.05, 0) is 49.9 Å². The second-order valence-electron chi connectivity index (χ2n) is 5.38. The maximum Gasteiger partial charge on any atom is 0.251 e. The van der Waals surface area contributed by atoms with Crippen molar-refractivity contribution in [2.75, 3.05) is 6.54 Å². The van der Waals surface area contributed by atoms with E-state index in [2.05, 4.69) is 23.6 Å². The van der Waals surface area contributed by atoms with E-state index >= 15 is 0 Å². The largest absolute Gasteiger partial charge is 0.347 e. The van der Waals surface area contributed by atoms with Gasteiger partial charge in [0.15, 0.2) is 0 Å². The van der Waals surface area contributed by atoms with Crippen LogP contribution in [0, 0.1) is 0 Å². The van der Waals surface area contributed by atoms with Gasteiger partial charge in [0.25, 0.3) is 5.91 Å². The number of carbonyl (C=O) groups is 1. The normalized spacial score (nSPS) is 20.5. The van der Waals surface area contributed by atoms with Crippen LogP contribution in [0.1, 0.15) is 41.3 Å². The Kier molecular flexibility index (Phi) is 2.44. The molecule has 0 aromatic heterocycles. The number of benzene rings is 1. The summed E-state index contributed by atoms with van der Waals surface area (Å²) in [4.78, 5) is 12.2. The van der Waals surface area contributed by atoms with Crippen LogP contribution in [0.4, 0.5) is 0 Å². The van der Waals surface area contributed by atoms with E-state index in [0.717, 1.165) is 37.9 Å². The minimum atomic E-state index is 0.0622. The van der Waals surface area contributed by atoms with Crippen LogP contribution in [0.2, 0.25) is 0 Å². The van der Waals surface area contributed by atoms with Crippen LogP contribution in [-0.4, -0.2) is 18.0 Å². The number of amides is 1. The van der Waals surface area contributed by atoms with E-state index in [0.29, 0.717) is 0 Å². The summed E-state index contributed by atoms with van der Waals surface area (Å²) in [5.74, 6) is 0.101. The number of fused-ring (bicyclic) bond motifs is 1. The van der Waals surface area contributed by atoms with Crippen LogP contribution in [0.3, 0.4) is 0 Å². The molecule has 1 amide bonds. The van der Waals surface area contributed by atoms with Gasteiger partial charge < -0.3 is 10.6 Å². The molecule has 0 unspecified atom stereocenters. The first-order valence-electron chi connectivity index (χ1n) is 6.32. The van der Waals surface area contributed by atoms with Crippen LogP contribution in [0.25, 0.3) is 0 Å². The van der Waals surface area contributed by atoms with Crippen molar-refractivity contribution in [3.8, 4) is 0 Å². The molecule has 2 N–H and O–H groups in total. The van der Waals surface area contributed by atoms with Crippen molar-refractivity contribution in [1.82, 2.24) is 10.6 Å². The number of carbonyl (C=O) groups excluding carboxylic acids is 1.